The molecule has 1 aromatic carbocycles. The van der Waals surface area contributed by atoms with Crippen molar-refractivity contribution in [1.82, 2.24) is 15.2 Å². The van der Waals surface area contributed by atoms with Gasteiger partial charge in [-0.15, -0.1) is 16.4 Å². The number of fused-ring (bicyclic) bond motifs is 1. The van der Waals surface area contributed by atoms with Crippen LogP contribution < -0.4 is 5.32 Å². The predicted molar refractivity (Wildman–Crippen MR) is 120 cm³/mol. The zero-order chi connectivity index (χ0) is 23.1. The van der Waals surface area contributed by atoms with Crippen LogP contribution in [0.25, 0.3) is 10.2 Å². The Bertz CT molecular complexity index is 1080. The minimum Gasteiger partial charge on any atom is -0.386 e. The van der Waals surface area contributed by atoms with Gasteiger partial charge in [0, 0.05) is 17.2 Å². The first kappa shape index (κ1) is 22.9. The highest BCUT2D eigenvalue weighted by atomic mass is 32.1. The molecule has 0 radical (unpaired) electrons. The lowest BCUT2D eigenvalue weighted by Crippen LogP contribution is -2.18. The highest BCUT2D eigenvalue weighted by molar-refractivity contribution is 7.18. The third kappa shape index (κ3) is 5.04. The smallest absolute Gasteiger partial charge is 0.386 e. The number of rotatable bonds is 5. The van der Waals surface area contributed by atoms with E-state index >= 15 is 0 Å². The van der Waals surface area contributed by atoms with Gasteiger partial charge in [-0.1, -0.05) is 19.8 Å². The molecule has 1 aliphatic carbocycles. The number of nitrogens with one attached hydrogen (secondary N) is 1. The van der Waals surface area contributed by atoms with Crippen LogP contribution in [-0.2, 0) is 18.3 Å². The Balaban J connectivity index is 1.59. The number of alkyl halides is 3. The summed E-state index contributed by atoms with van der Waals surface area (Å²) < 4.78 is 39.1. The molecular formula is C23H27F3N4OS. The highest BCUT2D eigenvalue weighted by Crippen LogP contribution is 2.41. The van der Waals surface area contributed by atoms with Gasteiger partial charge in [-0.3, -0.25) is 0 Å². The predicted octanol–water partition coefficient (Wildman–Crippen LogP) is 6.24. The summed E-state index contributed by atoms with van der Waals surface area (Å²) in [6.45, 7) is 5.88. The fraction of sp³-hybridized carbons (Fsp3) is 0.522. The van der Waals surface area contributed by atoms with Gasteiger partial charge in [0.1, 0.15) is 0 Å². The molecule has 0 atom stereocenters. The molecule has 1 saturated carbocycles. The molecule has 2 N–H and O–H groups in total. The molecule has 0 bridgehead atoms. The van der Waals surface area contributed by atoms with Crippen LogP contribution >= 0.6 is 11.3 Å². The number of anilines is 1. The van der Waals surface area contributed by atoms with Gasteiger partial charge in [-0.2, -0.15) is 18.3 Å². The van der Waals surface area contributed by atoms with Crippen molar-refractivity contribution in [2.24, 2.45) is 5.92 Å². The standard InChI is InChI=1S/C23H27F3N4OS/c1-13-4-6-14(7-5-13)21-28-18-10-16(22(2,3)31)17(11-19(18)32-21)27-12-15-8-9-20(30-29-15)23(24,25)26/h8-11,13-14,27,31H,4-7,12H2,1-3H3/t13-,14-. The van der Waals surface area contributed by atoms with Gasteiger partial charge in [0.15, 0.2) is 5.69 Å². The van der Waals surface area contributed by atoms with E-state index in [2.05, 4.69) is 22.4 Å². The van der Waals surface area contributed by atoms with E-state index in [0.29, 0.717) is 22.9 Å². The number of hydrogen-bond donors (Lipinski definition) is 2. The van der Waals surface area contributed by atoms with Crippen molar-refractivity contribution >= 4 is 27.2 Å². The Morgan fingerprint density at radius 1 is 1.09 bits per heavy atom. The topological polar surface area (TPSA) is 70.9 Å². The maximum absolute atomic E-state index is 12.7. The Morgan fingerprint density at radius 3 is 2.41 bits per heavy atom. The fourth-order valence-corrected chi connectivity index (χ4v) is 5.27. The molecule has 4 rings (SSSR count). The molecule has 1 fully saturated rings. The molecule has 32 heavy (non-hydrogen) atoms. The molecule has 0 unspecified atom stereocenters. The fourth-order valence-electron chi connectivity index (χ4n) is 4.12. The van der Waals surface area contributed by atoms with Crippen molar-refractivity contribution in [2.45, 2.75) is 70.7 Å². The Hall–Kier alpha value is -2.26. The van der Waals surface area contributed by atoms with E-state index in [4.69, 9.17) is 4.98 Å². The van der Waals surface area contributed by atoms with Crippen LogP contribution in [-0.4, -0.2) is 20.3 Å². The quantitative estimate of drug-likeness (QED) is 0.468. The van der Waals surface area contributed by atoms with Crippen LogP contribution in [0, 0.1) is 5.92 Å². The van der Waals surface area contributed by atoms with E-state index in [1.165, 1.54) is 18.9 Å². The highest BCUT2D eigenvalue weighted by Gasteiger charge is 2.33. The van der Waals surface area contributed by atoms with Gasteiger partial charge in [-0.05, 0) is 56.9 Å². The first-order valence-corrected chi connectivity index (χ1v) is 11.6. The minimum atomic E-state index is -4.52. The van der Waals surface area contributed by atoms with Gasteiger partial charge in [0.05, 0.1) is 33.1 Å². The van der Waals surface area contributed by atoms with Crippen molar-refractivity contribution in [3.05, 3.63) is 46.2 Å². The number of hydrogen-bond acceptors (Lipinski definition) is 6. The van der Waals surface area contributed by atoms with Crippen molar-refractivity contribution in [2.75, 3.05) is 5.32 Å². The van der Waals surface area contributed by atoms with Gasteiger partial charge >= 0.3 is 6.18 Å². The maximum atomic E-state index is 12.7. The number of halogens is 3. The van der Waals surface area contributed by atoms with Gasteiger partial charge < -0.3 is 10.4 Å². The third-order valence-corrected chi connectivity index (χ3v) is 7.22. The monoisotopic (exact) mass is 464 g/mol. The largest absolute Gasteiger partial charge is 0.435 e. The molecule has 1 aliphatic rings. The summed E-state index contributed by atoms with van der Waals surface area (Å²) in [5, 5.41) is 22.0. The van der Waals surface area contributed by atoms with Crippen molar-refractivity contribution in [3.8, 4) is 0 Å². The van der Waals surface area contributed by atoms with E-state index < -0.39 is 17.5 Å². The molecule has 0 spiro atoms. The number of aromatic nitrogens is 3. The van der Waals surface area contributed by atoms with E-state index in [-0.39, 0.29) is 6.54 Å². The second-order valence-corrected chi connectivity index (χ2v) is 10.3. The van der Waals surface area contributed by atoms with Crippen LogP contribution in [0.2, 0.25) is 0 Å². The van der Waals surface area contributed by atoms with Crippen LogP contribution in [0.3, 0.4) is 0 Å². The van der Waals surface area contributed by atoms with Crippen LogP contribution in [0.1, 0.15) is 74.3 Å². The molecule has 2 aromatic heterocycles. The second kappa shape index (κ2) is 8.59. The van der Waals surface area contributed by atoms with Crippen molar-refractivity contribution in [1.29, 1.82) is 0 Å². The van der Waals surface area contributed by atoms with E-state index in [0.717, 1.165) is 40.1 Å². The summed E-state index contributed by atoms with van der Waals surface area (Å²) >= 11 is 1.68. The van der Waals surface area contributed by atoms with Gasteiger partial charge in [0.25, 0.3) is 0 Å². The van der Waals surface area contributed by atoms with Crippen molar-refractivity contribution in [3.63, 3.8) is 0 Å². The summed E-state index contributed by atoms with van der Waals surface area (Å²) in [7, 11) is 0. The molecular weight excluding hydrogens is 437 g/mol. The number of nitrogens with zero attached hydrogens (tertiary/aromatic N) is 3. The van der Waals surface area contributed by atoms with Crippen LogP contribution in [0.4, 0.5) is 18.9 Å². The molecule has 5 nitrogen and oxygen atoms in total. The molecule has 2 heterocycles. The SMILES string of the molecule is CC(C)(O)c1cc2nc([C@H]3CC[C@H](C)CC3)sc2cc1NCc1ccc(C(F)(F)F)nn1. The maximum Gasteiger partial charge on any atom is 0.435 e. The average Bonchev–Trinajstić information content (AvgIpc) is 3.14. The second-order valence-electron chi connectivity index (χ2n) is 9.19. The first-order valence-electron chi connectivity index (χ1n) is 10.8. The molecule has 3 aromatic rings. The lowest BCUT2D eigenvalue weighted by atomic mass is 9.83. The minimum absolute atomic E-state index is 0.186. The molecule has 0 aliphatic heterocycles. The number of thiazole rings is 1. The zero-order valence-electron chi connectivity index (χ0n) is 18.3. The van der Waals surface area contributed by atoms with Gasteiger partial charge in [-0.25, -0.2) is 4.98 Å². The summed E-state index contributed by atoms with van der Waals surface area (Å²) in [6.07, 6.45) is 0.222. The van der Waals surface area contributed by atoms with Crippen LogP contribution in [0.15, 0.2) is 24.3 Å². The lowest BCUT2D eigenvalue weighted by molar-refractivity contribution is -0.141. The number of benzene rings is 1. The third-order valence-electron chi connectivity index (χ3n) is 6.04. The molecule has 0 amide bonds. The van der Waals surface area contributed by atoms with E-state index in [1.54, 1.807) is 25.2 Å². The Kier molecular flexibility index (Phi) is 6.15. The summed E-state index contributed by atoms with van der Waals surface area (Å²) in [6, 6.07) is 6.10. The van der Waals surface area contributed by atoms with E-state index in [9.17, 15) is 18.3 Å². The lowest BCUT2D eigenvalue weighted by Gasteiger charge is -2.24. The summed E-state index contributed by atoms with van der Waals surface area (Å²) in [4.78, 5) is 4.88. The molecule has 172 valence electrons. The zero-order valence-corrected chi connectivity index (χ0v) is 19.1. The average molecular weight is 465 g/mol. The van der Waals surface area contributed by atoms with Gasteiger partial charge in [0.2, 0.25) is 0 Å². The summed E-state index contributed by atoms with van der Waals surface area (Å²) in [5.74, 6) is 1.25. The van der Waals surface area contributed by atoms with E-state index in [1.807, 2.05) is 12.1 Å². The normalized spacial score (nSPS) is 20.0. The molecule has 9 heteroatoms. The summed E-state index contributed by atoms with van der Waals surface area (Å²) in [5.41, 5.74) is 0.487. The first-order chi connectivity index (χ1) is 15.0. The molecule has 0 saturated heterocycles. The van der Waals surface area contributed by atoms with Crippen molar-refractivity contribution < 1.29 is 18.3 Å². The number of aliphatic hydroxyl groups is 1. The Labute approximate surface area is 189 Å². The Morgan fingerprint density at radius 2 is 1.81 bits per heavy atom. The van der Waals surface area contributed by atoms with Crippen LogP contribution in [0.5, 0.6) is 0 Å².